The van der Waals surface area contributed by atoms with Gasteiger partial charge in [-0.1, -0.05) is 95.9 Å². The number of ether oxygens (including phenoxy) is 2. The first-order valence-corrected chi connectivity index (χ1v) is 19.3. The number of hydrogen-bond donors (Lipinski definition) is 1. The summed E-state index contributed by atoms with van der Waals surface area (Å²) in [7, 11) is 0. The van der Waals surface area contributed by atoms with Gasteiger partial charge in [-0.2, -0.15) is 0 Å². The molecule has 0 unspecified atom stereocenters. The molecule has 0 aliphatic heterocycles. The Labute approximate surface area is 297 Å². The van der Waals surface area contributed by atoms with Crippen LogP contribution in [0, 0.1) is 46.3 Å². The molecule has 0 saturated heterocycles. The largest absolute Gasteiger partial charge is 0.507 e. The van der Waals surface area contributed by atoms with Gasteiger partial charge in [0.15, 0.2) is 12.0 Å². The third kappa shape index (κ3) is 6.52. The van der Waals surface area contributed by atoms with Crippen LogP contribution < -0.4 is 10.2 Å². The fraction of sp³-hybridized carbons (Fsp3) is 0.591. The summed E-state index contributed by atoms with van der Waals surface area (Å²) in [4.78, 5) is 25.8. The van der Waals surface area contributed by atoms with Crippen LogP contribution in [0.1, 0.15) is 105 Å². The lowest BCUT2D eigenvalue weighted by Crippen LogP contribution is -2.51. The molecule has 3 fully saturated rings. The van der Waals surface area contributed by atoms with Gasteiger partial charge in [-0.15, -0.1) is 0 Å². The summed E-state index contributed by atoms with van der Waals surface area (Å²) in [5.41, 5.74) is 2.76. The van der Waals surface area contributed by atoms with E-state index >= 15 is 0 Å². The zero-order valence-corrected chi connectivity index (χ0v) is 30.7. The Morgan fingerprint density at radius 2 is 1.78 bits per heavy atom. The van der Waals surface area contributed by atoms with Crippen molar-refractivity contribution in [1.29, 1.82) is 0 Å². The normalized spacial score (nSPS) is 31.0. The van der Waals surface area contributed by atoms with E-state index in [1.807, 2.05) is 30.3 Å². The lowest BCUT2D eigenvalue weighted by molar-refractivity contribution is -0.153. The molecule has 3 saturated carbocycles. The Balaban J connectivity index is 0.970. The number of phenols is 1. The van der Waals surface area contributed by atoms with Gasteiger partial charge in [0.05, 0.1) is 0 Å². The van der Waals surface area contributed by atoms with Crippen LogP contribution in [0.4, 0.5) is 0 Å². The Morgan fingerprint density at radius 3 is 2.56 bits per heavy atom. The van der Waals surface area contributed by atoms with E-state index in [1.165, 1.54) is 69.1 Å². The third-order valence-electron chi connectivity index (χ3n) is 13.8. The van der Waals surface area contributed by atoms with Gasteiger partial charge in [0.1, 0.15) is 34.3 Å². The number of allylic oxidation sites excluding steroid dienone is 1. The Kier molecular flexibility index (Phi) is 9.69. The van der Waals surface area contributed by atoms with Crippen LogP contribution in [-0.4, -0.2) is 23.8 Å². The number of benzene rings is 2. The second-order valence-corrected chi connectivity index (χ2v) is 17.1. The van der Waals surface area contributed by atoms with Crippen molar-refractivity contribution in [2.45, 2.75) is 111 Å². The number of phenolic OH excluding ortho intramolecular Hbond substituents is 1. The number of rotatable bonds is 10. The van der Waals surface area contributed by atoms with Crippen molar-refractivity contribution in [3.63, 3.8) is 0 Å². The fourth-order valence-electron chi connectivity index (χ4n) is 11.2. The Morgan fingerprint density at radius 1 is 0.980 bits per heavy atom. The summed E-state index contributed by atoms with van der Waals surface area (Å²) in [6, 6.07) is 13.6. The molecular weight excluding hydrogens is 624 g/mol. The molecular formula is C44H56O6. The molecule has 2 aromatic carbocycles. The van der Waals surface area contributed by atoms with Gasteiger partial charge in [0.25, 0.3) is 0 Å². The molecule has 0 bridgehead atoms. The SMILES string of the molecule is CC(C)CCC[C@H](C)[C@H]1CC[C@@H]2[C@H]3CC=C4C[C@@H](OC(=O)COc5cc(O)c6c(=O)cc(-c7ccccc7)oc6c5)CC[C@]4(C)[C@@H]3CC[C@@]21C. The summed E-state index contributed by atoms with van der Waals surface area (Å²) in [5, 5.41) is 10.7. The molecule has 0 radical (unpaired) electrons. The minimum atomic E-state index is -0.431. The average Bonchev–Trinajstić information content (AvgIpc) is 3.44. The van der Waals surface area contributed by atoms with Gasteiger partial charge >= 0.3 is 5.97 Å². The van der Waals surface area contributed by atoms with Crippen LogP contribution in [0.3, 0.4) is 0 Å². The summed E-state index contributed by atoms with van der Waals surface area (Å²) in [6.07, 6.45) is 15.8. The van der Waals surface area contributed by atoms with Crippen molar-refractivity contribution in [3.8, 4) is 22.8 Å². The number of fused-ring (bicyclic) bond motifs is 6. The summed E-state index contributed by atoms with van der Waals surface area (Å²) in [5.74, 6) is 4.75. The van der Waals surface area contributed by atoms with Crippen molar-refractivity contribution in [1.82, 2.24) is 0 Å². The van der Waals surface area contributed by atoms with Crippen LogP contribution in [0.2, 0.25) is 0 Å². The van der Waals surface area contributed by atoms with E-state index in [4.69, 9.17) is 13.9 Å². The van der Waals surface area contributed by atoms with Gasteiger partial charge in [0, 0.05) is 30.2 Å². The van der Waals surface area contributed by atoms with Gasteiger partial charge < -0.3 is 19.0 Å². The van der Waals surface area contributed by atoms with E-state index in [9.17, 15) is 14.7 Å². The smallest absolute Gasteiger partial charge is 0.344 e. The van der Waals surface area contributed by atoms with E-state index in [0.717, 1.165) is 60.3 Å². The van der Waals surface area contributed by atoms with Crippen LogP contribution in [0.15, 0.2) is 69.4 Å². The number of esters is 1. The molecule has 8 atom stereocenters. The highest BCUT2D eigenvalue weighted by Gasteiger charge is 2.59. The molecule has 1 aromatic heterocycles. The molecule has 50 heavy (non-hydrogen) atoms. The minimum Gasteiger partial charge on any atom is -0.507 e. The Hall–Kier alpha value is -3.54. The zero-order chi connectivity index (χ0) is 35.2. The molecule has 4 aliphatic carbocycles. The van der Waals surface area contributed by atoms with Crippen molar-refractivity contribution in [3.05, 3.63) is 70.4 Å². The second kappa shape index (κ2) is 13.9. The number of carbonyl (C=O) groups excluding carboxylic acids is 1. The van der Waals surface area contributed by atoms with Gasteiger partial charge in [-0.05, 0) is 91.3 Å². The first-order valence-electron chi connectivity index (χ1n) is 19.3. The maximum absolute atomic E-state index is 13.0. The highest BCUT2D eigenvalue weighted by Crippen LogP contribution is 2.67. The molecule has 4 aliphatic rings. The summed E-state index contributed by atoms with van der Waals surface area (Å²) >= 11 is 0. The average molecular weight is 681 g/mol. The molecule has 268 valence electrons. The third-order valence-corrected chi connectivity index (χ3v) is 13.8. The van der Waals surface area contributed by atoms with Crippen molar-refractivity contribution in [2.24, 2.45) is 46.3 Å². The summed E-state index contributed by atoms with van der Waals surface area (Å²) < 4.78 is 17.7. The lowest BCUT2D eigenvalue weighted by atomic mass is 9.47. The predicted molar refractivity (Wildman–Crippen MR) is 198 cm³/mol. The van der Waals surface area contributed by atoms with Crippen LogP contribution in [0.25, 0.3) is 22.3 Å². The monoisotopic (exact) mass is 680 g/mol. The van der Waals surface area contributed by atoms with Crippen molar-refractivity contribution < 1.29 is 23.8 Å². The van der Waals surface area contributed by atoms with E-state index in [-0.39, 0.29) is 46.0 Å². The van der Waals surface area contributed by atoms with Crippen LogP contribution in [0.5, 0.6) is 11.5 Å². The van der Waals surface area contributed by atoms with Crippen LogP contribution >= 0.6 is 0 Å². The van der Waals surface area contributed by atoms with E-state index in [1.54, 1.807) is 6.07 Å². The highest BCUT2D eigenvalue weighted by molar-refractivity contribution is 5.86. The van der Waals surface area contributed by atoms with E-state index in [2.05, 4.69) is 40.7 Å². The van der Waals surface area contributed by atoms with Gasteiger partial charge in [-0.3, -0.25) is 4.79 Å². The zero-order valence-electron chi connectivity index (χ0n) is 30.7. The minimum absolute atomic E-state index is 0.0786. The maximum Gasteiger partial charge on any atom is 0.344 e. The summed E-state index contributed by atoms with van der Waals surface area (Å²) in [6.45, 7) is 12.1. The lowest BCUT2D eigenvalue weighted by Gasteiger charge is -2.58. The number of aromatic hydroxyl groups is 1. The first kappa shape index (κ1) is 34.9. The molecule has 1 heterocycles. The predicted octanol–water partition coefficient (Wildman–Crippen LogP) is 10.5. The number of hydrogen-bond acceptors (Lipinski definition) is 6. The van der Waals surface area contributed by atoms with Crippen molar-refractivity contribution in [2.75, 3.05) is 6.61 Å². The standard InChI is InChI=1S/C44H56O6/c1-27(2)10-9-11-28(3)34-16-17-35-33-15-14-30-22-31(18-20-43(30,4)36(33)19-21-44(34,35)5)49-41(47)26-48-32-23-37(45)42-38(46)25-39(50-40(42)24-32)29-12-7-6-8-13-29/h6-8,12-14,23-25,27-28,31,33-36,45H,9-11,15-22,26H2,1-5H3/t28-,31-,33+,34+,35+,36+,43-,44+/m0/s1. The molecule has 0 spiro atoms. The topological polar surface area (TPSA) is 86.0 Å². The Bertz CT molecular complexity index is 1790. The fourth-order valence-corrected chi connectivity index (χ4v) is 11.2. The second-order valence-electron chi connectivity index (χ2n) is 17.1. The number of carbonyl (C=O) groups is 1. The van der Waals surface area contributed by atoms with Crippen LogP contribution in [-0.2, 0) is 9.53 Å². The first-order chi connectivity index (χ1) is 24.0. The molecule has 0 amide bonds. The quantitative estimate of drug-likeness (QED) is 0.169. The molecule has 1 N–H and O–H groups in total. The maximum atomic E-state index is 13.0. The molecule has 7 rings (SSSR count). The molecule has 6 heteroatoms. The van der Waals surface area contributed by atoms with Crippen molar-refractivity contribution >= 4 is 16.9 Å². The van der Waals surface area contributed by atoms with E-state index in [0.29, 0.717) is 11.2 Å². The van der Waals surface area contributed by atoms with Gasteiger partial charge in [0.2, 0.25) is 0 Å². The highest BCUT2D eigenvalue weighted by atomic mass is 16.6. The van der Waals surface area contributed by atoms with Gasteiger partial charge in [-0.25, -0.2) is 4.79 Å². The molecule has 3 aromatic rings. The molecule has 6 nitrogen and oxygen atoms in total. The van der Waals surface area contributed by atoms with E-state index < -0.39 is 5.97 Å².